The molecule has 4 rings (SSSR count). The smallest absolute Gasteiger partial charge is 0.366 e. The molecule has 2 aromatic carbocycles. The van der Waals surface area contributed by atoms with Crippen molar-refractivity contribution in [2.24, 2.45) is 5.73 Å². The lowest BCUT2D eigenvalue weighted by Crippen LogP contribution is -2.28. The third-order valence-electron chi connectivity index (χ3n) is 4.46. The molecule has 3 N–H and O–H groups in total. The summed E-state index contributed by atoms with van der Waals surface area (Å²) in [5.41, 5.74) is 6.82. The third-order valence-corrected chi connectivity index (χ3v) is 4.46. The number of rotatable bonds is 5. The zero-order chi connectivity index (χ0) is 19.8. The lowest BCUT2D eigenvalue weighted by molar-refractivity contribution is -0.137. The molecule has 9 heteroatoms. The number of hydrogen-bond acceptors (Lipinski definition) is 5. The van der Waals surface area contributed by atoms with Crippen molar-refractivity contribution in [3.63, 3.8) is 0 Å². The molecule has 4 aromatic rings. The van der Waals surface area contributed by atoms with Gasteiger partial charge in [-0.25, -0.2) is 9.48 Å². The van der Waals surface area contributed by atoms with Crippen LogP contribution in [0, 0.1) is 0 Å². The second-order valence-corrected chi connectivity index (χ2v) is 6.24. The quantitative estimate of drug-likeness (QED) is 0.533. The van der Waals surface area contributed by atoms with Gasteiger partial charge in [0.25, 0.3) is 0 Å². The molecule has 2 heterocycles. The summed E-state index contributed by atoms with van der Waals surface area (Å²) in [5.74, 6) is -1.65. The third kappa shape index (κ3) is 2.88. The predicted octanol–water partition coefficient (Wildman–Crippen LogP) is 0.978. The van der Waals surface area contributed by atoms with Gasteiger partial charge in [0.2, 0.25) is 5.91 Å². The molecule has 0 saturated heterocycles. The van der Waals surface area contributed by atoms with Crippen LogP contribution < -0.4 is 11.4 Å². The number of benzene rings is 2. The average Bonchev–Trinajstić information content (AvgIpc) is 2.95. The molecule has 0 spiro atoms. The Balaban J connectivity index is 1.92. The van der Waals surface area contributed by atoms with E-state index in [1.165, 1.54) is 4.57 Å². The van der Waals surface area contributed by atoms with Gasteiger partial charge in [-0.3, -0.25) is 9.59 Å². The van der Waals surface area contributed by atoms with Crippen molar-refractivity contribution in [1.29, 1.82) is 0 Å². The van der Waals surface area contributed by atoms with Crippen LogP contribution in [0.1, 0.15) is 15.9 Å². The van der Waals surface area contributed by atoms with Gasteiger partial charge < -0.3 is 15.4 Å². The van der Waals surface area contributed by atoms with Crippen LogP contribution in [0.2, 0.25) is 0 Å². The molecule has 0 fully saturated rings. The van der Waals surface area contributed by atoms with Crippen molar-refractivity contribution in [1.82, 2.24) is 19.3 Å². The molecule has 0 unspecified atom stereocenters. The normalized spacial score (nSPS) is 11.1. The summed E-state index contributed by atoms with van der Waals surface area (Å²) in [7, 11) is 0. The van der Waals surface area contributed by atoms with Gasteiger partial charge in [0, 0.05) is 10.9 Å². The SMILES string of the molecule is NC(=O)c1ccccc1Cn1nc2c3ccccc3n(CC(=O)O)c2nc1=O. The maximum atomic E-state index is 12.5. The van der Waals surface area contributed by atoms with Gasteiger partial charge in [0.05, 0.1) is 12.1 Å². The highest BCUT2D eigenvalue weighted by molar-refractivity contribution is 6.04. The van der Waals surface area contributed by atoms with Crippen LogP contribution in [0.3, 0.4) is 0 Å². The van der Waals surface area contributed by atoms with Crippen molar-refractivity contribution in [2.75, 3.05) is 0 Å². The molecule has 0 aliphatic heterocycles. The molecule has 0 radical (unpaired) electrons. The summed E-state index contributed by atoms with van der Waals surface area (Å²) >= 11 is 0. The Morgan fingerprint density at radius 2 is 1.79 bits per heavy atom. The van der Waals surface area contributed by atoms with Gasteiger partial charge in [0.15, 0.2) is 5.65 Å². The van der Waals surface area contributed by atoms with E-state index >= 15 is 0 Å². The van der Waals surface area contributed by atoms with Crippen molar-refractivity contribution in [3.05, 3.63) is 70.1 Å². The number of fused-ring (bicyclic) bond motifs is 3. The van der Waals surface area contributed by atoms with Gasteiger partial charge >= 0.3 is 11.7 Å². The molecular formula is C19H15N5O4. The van der Waals surface area contributed by atoms with Crippen LogP contribution in [-0.2, 0) is 17.9 Å². The van der Waals surface area contributed by atoms with Crippen LogP contribution in [-0.4, -0.2) is 36.3 Å². The minimum Gasteiger partial charge on any atom is -0.480 e. The minimum absolute atomic E-state index is 0.0132. The van der Waals surface area contributed by atoms with Crippen LogP contribution >= 0.6 is 0 Å². The molecule has 140 valence electrons. The van der Waals surface area contributed by atoms with Gasteiger partial charge in [0.1, 0.15) is 12.1 Å². The summed E-state index contributed by atoms with van der Waals surface area (Å²) in [4.78, 5) is 39.5. The molecule has 0 saturated carbocycles. The first kappa shape index (κ1) is 17.4. The maximum absolute atomic E-state index is 12.5. The highest BCUT2D eigenvalue weighted by Crippen LogP contribution is 2.25. The fraction of sp³-hybridized carbons (Fsp3) is 0.105. The Kier molecular flexibility index (Phi) is 4.11. The lowest BCUT2D eigenvalue weighted by atomic mass is 10.1. The van der Waals surface area contributed by atoms with Gasteiger partial charge in [-0.05, 0) is 17.7 Å². The Hall–Kier alpha value is -4.01. The maximum Gasteiger partial charge on any atom is 0.366 e. The van der Waals surface area contributed by atoms with E-state index in [1.54, 1.807) is 48.5 Å². The largest absolute Gasteiger partial charge is 0.480 e. The Labute approximate surface area is 157 Å². The minimum atomic E-state index is -1.05. The number of primary amides is 1. The number of carbonyl (C=O) groups is 2. The van der Waals surface area contributed by atoms with E-state index in [-0.39, 0.29) is 18.7 Å². The predicted molar refractivity (Wildman–Crippen MR) is 101 cm³/mol. The number of amides is 1. The fourth-order valence-corrected chi connectivity index (χ4v) is 3.25. The topological polar surface area (TPSA) is 133 Å². The van der Waals surface area contributed by atoms with Crippen molar-refractivity contribution in [2.45, 2.75) is 13.1 Å². The fourth-order valence-electron chi connectivity index (χ4n) is 3.25. The average molecular weight is 377 g/mol. The Bertz CT molecular complexity index is 1300. The monoisotopic (exact) mass is 377 g/mol. The van der Waals surface area contributed by atoms with Crippen LogP contribution in [0.5, 0.6) is 0 Å². The first-order valence-electron chi connectivity index (χ1n) is 8.41. The van der Waals surface area contributed by atoms with E-state index in [4.69, 9.17) is 5.73 Å². The van der Waals surface area contributed by atoms with E-state index in [1.807, 2.05) is 0 Å². The van der Waals surface area contributed by atoms with Crippen LogP contribution in [0.4, 0.5) is 0 Å². The Morgan fingerprint density at radius 1 is 1.07 bits per heavy atom. The van der Waals surface area contributed by atoms with E-state index in [2.05, 4.69) is 10.1 Å². The van der Waals surface area contributed by atoms with Gasteiger partial charge in [-0.15, -0.1) is 0 Å². The summed E-state index contributed by atoms with van der Waals surface area (Å²) in [6, 6.07) is 13.8. The number of carboxylic acids is 1. The molecule has 9 nitrogen and oxygen atoms in total. The number of aliphatic carboxylic acids is 1. The standard InChI is InChI=1S/C19H15N5O4/c20-17(27)12-6-2-1-5-11(12)9-24-19(28)21-18-16(22-24)13-7-3-4-8-14(13)23(18)10-15(25)26/h1-8H,9-10H2,(H2,20,27)(H,25,26). The second kappa shape index (κ2) is 6.62. The number of para-hydroxylation sites is 1. The van der Waals surface area contributed by atoms with Crippen molar-refractivity contribution >= 4 is 33.9 Å². The number of carbonyl (C=O) groups excluding carboxylic acids is 1. The second-order valence-electron chi connectivity index (χ2n) is 6.24. The Morgan fingerprint density at radius 3 is 2.54 bits per heavy atom. The zero-order valence-electron chi connectivity index (χ0n) is 14.6. The van der Waals surface area contributed by atoms with Gasteiger partial charge in [-0.2, -0.15) is 10.1 Å². The highest BCUT2D eigenvalue weighted by Gasteiger charge is 2.18. The molecule has 0 bridgehead atoms. The van der Waals surface area contributed by atoms with E-state index < -0.39 is 17.6 Å². The molecule has 0 aliphatic carbocycles. The molecule has 28 heavy (non-hydrogen) atoms. The van der Waals surface area contributed by atoms with Crippen LogP contribution in [0.25, 0.3) is 22.1 Å². The molecule has 0 aliphatic rings. The van der Waals surface area contributed by atoms with E-state index in [0.717, 1.165) is 4.68 Å². The summed E-state index contributed by atoms with van der Waals surface area (Å²) in [5, 5.41) is 14.3. The molecule has 2 aromatic heterocycles. The van der Waals surface area contributed by atoms with Gasteiger partial charge in [-0.1, -0.05) is 36.4 Å². The molecular weight excluding hydrogens is 362 g/mol. The number of nitrogens with zero attached hydrogens (tertiary/aromatic N) is 4. The number of nitrogens with two attached hydrogens (primary N) is 1. The van der Waals surface area contributed by atoms with E-state index in [0.29, 0.717) is 27.5 Å². The molecule has 1 amide bonds. The summed E-state index contributed by atoms with van der Waals surface area (Å²) in [6.07, 6.45) is 0. The van der Waals surface area contributed by atoms with E-state index in [9.17, 15) is 19.5 Å². The van der Waals surface area contributed by atoms with Crippen LogP contribution in [0.15, 0.2) is 53.3 Å². The van der Waals surface area contributed by atoms with Crippen molar-refractivity contribution in [3.8, 4) is 0 Å². The summed E-state index contributed by atoms with van der Waals surface area (Å²) < 4.78 is 2.59. The zero-order valence-corrected chi connectivity index (χ0v) is 14.6. The highest BCUT2D eigenvalue weighted by atomic mass is 16.4. The summed E-state index contributed by atoms with van der Waals surface area (Å²) in [6.45, 7) is -0.327. The number of hydrogen-bond donors (Lipinski definition) is 2. The lowest BCUT2D eigenvalue weighted by Gasteiger charge is -2.08. The first-order valence-corrected chi connectivity index (χ1v) is 8.41. The molecule has 0 atom stereocenters. The number of carboxylic acid groups (broad SMARTS) is 1. The van der Waals surface area contributed by atoms with Crippen molar-refractivity contribution < 1.29 is 14.7 Å². The number of aromatic nitrogens is 4. The first-order chi connectivity index (χ1) is 13.5.